The maximum atomic E-state index is 13.0. The first-order valence-corrected chi connectivity index (χ1v) is 7.23. The first kappa shape index (κ1) is 15.5. The van der Waals surface area contributed by atoms with Gasteiger partial charge in [-0.25, -0.2) is 0 Å². The lowest BCUT2D eigenvalue weighted by Gasteiger charge is -2.18. The molecule has 1 N–H and O–H groups in total. The highest BCUT2D eigenvalue weighted by Crippen LogP contribution is 2.38. The third kappa shape index (κ3) is 3.59. The minimum Gasteiger partial charge on any atom is -0.377 e. The van der Waals surface area contributed by atoms with Gasteiger partial charge < -0.3 is 5.32 Å². The van der Waals surface area contributed by atoms with E-state index in [-0.39, 0.29) is 16.8 Å². The first-order valence-electron chi connectivity index (χ1n) is 5.66. The van der Waals surface area contributed by atoms with Crippen LogP contribution < -0.4 is 5.32 Å². The number of anilines is 1. The smallest absolute Gasteiger partial charge is 0.377 e. The molecule has 108 valence electrons. The topological polar surface area (TPSA) is 12.0 Å². The summed E-state index contributed by atoms with van der Waals surface area (Å²) in [4.78, 5) is 0.859. The van der Waals surface area contributed by atoms with Crippen molar-refractivity contribution in [1.29, 1.82) is 0 Å². The molecular formula is C13H10Cl2F3NS. The standard InChI is InChI=1S/C13H10Cl2F3NS/c1-7(11-4-5-12(15)20-11)19-10-3-2-8(14)6-9(10)13(16,17)18/h2-7,19H,1H3. The van der Waals surface area contributed by atoms with Gasteiger partial charge in [0.25, 0.3) is 0 Å². The third-order valence-corrected chi connectivity index (χ3v) is 4.33. The SMILES string of the molecule is CC(Nc1ccc(Cl)cc1C(F)(F)F)c1ccc(Cl)s1. The Morgan fingerprint density at radius 1 is 1.15 bits per heavy atom. The zero-order valence-corrected chi connectivity index (χ0v) is 12.6. The monoisotopic (exact) mass is 339 g/mol. The number of rotatable bonds is 3. The fourth-order valence-corrected chi connectivity index (χ4v) is 2.98. The van der Waals surface area contributed by atoms with Crippen LogP contribution in [0.3, 0.4) is 0 Å². The molecule has 0 amide bonds. The molecule has 0 saturated heterocycles. The highest BCUT2D eigenvalue weighted by atomic mass is 35.5. The molecule has 0 spiro atoms. The molecule has 2 aromatic rings. The molecular weight excluding hydrogens is 330 g/mol. The van der Waals surface area contributed by atoms with Gasteiger partial charge in [-0.1, -0.05) is 23.2 Å². The molecule has 0 saturated carbocycles. The molecule has 1 heterocycles. The summed E-state index contributed by atoms with van der Waals surface area (Å²) in [6, 6.07) is 6.89. The van der Waals surface area contributed by atoms with Crippen molar-refractivity contribution in [2.45, 2.75) is 19.1 Å². The van der Waals surface area contributed by atoms with Gasteiger partial charge >= 0.3 is 6.18 Å². The van der Waals surface area contributed by atoms with Gasteiger partial charge in [-0.3, -0.25) is 0 Å². The zero-order chi connectivity index (χ0) is 14.9. The van der Waals surface area contributed by atoms with Crippen molar-refractivity contribution in [2.75, 3.05) is 5.32 Å². The second-order valence-corrected chi connectivity index (χ2v) is 6.38. The summed E-state index contributed by atoms with van der Waals surface area (Å²) in [6.45, 7) is 1.77. The van der Waals surface area contributed by atoms with E-state index in [9.17, 15) is 13.2 Å². The molecule has 1 nitrogen and oxygen atoms in total. The highest BCUT2D eigenvalue weighted by molar-refractivity contribution is 7.16. The van der Waals surface area contributed by atoms with Crippen LogP contribution in [0.15, 0.2) is 30.3 Å². The van der Waals surface area contributed by atoms with Crippen LogP contribution in [0, 0.1) is 0 Å². The minimum atomic E-state index is -4.46. The van der Waals surface area contributed by atoms with Crippen molar-refractivity contribution >= 4 is 40.2 Å². The fraction of sp³-hybridized carbons (Fsp3) is 0.231. The molecule has 0 fully saturated rings. The van der Waals surface area contributed by atoms with Gasteiger partial charge in [-0.15, -0.1) is 11.3 Å². The van der Waals surface area contributed by atoms with Gasteiger partial charge in [0, 0.05) is 15.6 Å². The second kappa shape index (κ2) is 5.84. The van der Waals surface area contributed by atoms with Crippen molar-refractivity contribution < 1.29 is 13.2 Å². The zero-order valence-electron chi connectivity index (χ0n) is 10.3. The van der Waals surface area contributed by atoms with Crippen LogP contribution >= 0.6 is 34.5 Å². The Balaban J connectivity index is 2.29. The van der Waals surface area contributed by atoms with E-state index in [0.29, 0.717) is 4.34 Å². The first-order chi connectivity index (χ1) is 9.27. The van der Waals surface area contributed by atoms with Crippen LogP contribution in [0.25, 0.3) is 0 Å². The van der Waals surface area contributed by atoms with E-state index in [1.165, 1.54) is 23.5 Å². The summed E-state index contributed by atoms with van der Waals surface area (Å²) in [5.41, 5.74) is -0.779. The summed E-state index contributed by atoms with van der Waals surface area (Å²) in [6.07, 6.45) is -4.46. The Bertz CT molecular complexity index is 610. The number of thiophene rings is 1. The molecule has 1 aromatic heterocycles. The fourth-order valence-electron chi connectivity index (χ4n) is 1.74. The highest BCUT2D eigenvalue weighted by Gasteiger charge is 2.34. The van der Waals surface area contributed by atoms with E-state index in [0.717, 1.165) is 10.9 Å². The van der Waals surface area contributed by atoms with Gasteiger partial charge in [0.15, 0.2) is 0 Å². The van der Waals surface area contributed by atoms with Gasteiger partial charge in [0.05, 0.1) is 15.9 Å². The number of nitrogens with one attached hydrogen (secondary N) is 1. The summed E-state index contributed by atoms with van der Waals surface area (Å²) >= 11 is 12.8. The Hall–Kier alpha value is -0.910. The molecule has 1 unspecified atom stereocenters. The molecule has 0 aliphatic heterocycles. The Labute approximate surface area is 128 Å². The van der Waals surface area contributed by atoms with Gasteiger partial charge in [0.2, 0.25) is 0 Å². The lowest BCUT2D eigenvalue weighted by molar-refractivity contribution is -0.137. The summed E-state index contributed by atoms with van der Waals surface area (Å²) in [7, 11) is 0. The van der Waals surface area contributed by atoms with Crippen LogP contribution in [-0.4, -0.2) is 0 Å². The van der Waals surface area contributed by atoms with Crippen LogP contribution in [0.4, 0.5) is 18.9 Å². The number of alkyl halides is 3. The molecule has 1 atom stereocenters. The van der Waals surface area contributed by atoms with Crippen molar-refractivity contribution in [2.24, 2.45) is 0 Å². The van der Waals surface area contributed by atoms with Gasteiger partial charge in [-0.2, -0.15) is 13.2 Å². The number of halogens is 5. The molecule has 0 aliphatic carbocycles. The van der Waals surface area contributed by atoms with Crippen LogP contribution in [0.1, 0.15) is 23.4 Å². The molecule has 0 aliphatic rings. The van der Waals surface area contributed by atoms with Crippen LogP contribution in [0.5, 0.6) is 0 Å². The van der Waals surface area contributed by atoms with E-state index < -0.39 is 11.7 Å². The summed E-state index contributed by atoms with van der Waals surface area (Å²) in [5.74, 6) is 0. The van der Waals surface area contributed by atoms with Crippen molar-refractivity contribution in [3.8, 4) is 0 Å². The average molecular weight is 340 g/mol. The largest absolute Gasteiger partial charge is 0.418 e. The van der Waals surface area contributed by atoms with E-state index >= 15 is 0 Å². The Morgan fingerprint density at radius 2 is 1.85 bits per heavy atom. The minimum absolute atomic E-state index is 0.000998. The second-order valence-electron chi connectivity index (χ2n) is 4.20. The molecule has 7 heteroatoms. The molecule has 0 radical (unpaired) electrons. The normalized spacial score (nSPS) is 13.3. The summed E-state index contributed by atoms with van der Waals surface area (Å²) in [5, 5.41) is 2.90. The van der Waals surface area contributed by atoms with Gasteiger partial charge in [0.1, 0.15) is 0 Å². The summed E-state index contributed by atoms with van der Waals surface area (Å²) < 4.78 is 39.5. The molecule has 20 heavy (non-hydrogen) atoms. The Kier molecular flexibility index (Phi) is 4.52. The Morgan fingerprint density at radius 3 is 2.40 bits per heavy atom. The predicted molar refractivity (Wildman–Crippen MR) is 77.8 cm³/mol. The maximum absolute atomic E-state index is 13.0. The van der Waals surface area contributed by atoms with E-state index in [2.05, 4.69) is 5.32 Å². The molecule has 2 rings (SSSR count). The van der Waals surface area contributed by atoms with Crippen LogP contribution in [0.2, 0.25) is 9.36 Å². The maximum Gasteiger partial charge on any atom is 0.418 e. The van der Waals surface area contributed by atoms with Crippen LogP contribution in [-0.2, 0) is 6.18 Å². The quantitative estimate of drug-likeness (QED) is 0.697. The van der Waals surface area contributed by atoms with Crippen molar-refractivity contribution in [3.05, 3.63) is 50.1 Å². The van der Waals surface area contributed by atoms with E-state index in [4.69, 9.17) is 23.2 Å². The third-order valence-electron chi connectivity index (χ3n) is 2.68. The van der Waals surface area contributed by atoms with E-state index in [1.807, 2.05) is 0 Å². The lowest BCUT2D eigenvalue weighted by Crippen LogP contribution is -2.13. The lowest BCUT2D eigenvalue weighted by atomic mass is 10.1. The number of benzene rings is 1. The number of hydrogen-bond acceptors (Lipinski definition) is 2. The number of hydrogen-bond donors (Lipinski definition) is 1. The molecule has 0 bridgehead atoms. The van der Waals surface area contributed by atoms with Gasteiger partial charge in [-0.05, 0) is 37.3 Å². The van der Waals surface area contributed by atoms with Crippen molar-refractivity contribution in [1.82, 2.24) is 0 Å². The predicted octanol–water partition coefficient (Wildman–Crippen LogP) is 6.25. The van der Waals surface area contributed by atoms with E-state index in [1.54, 1.807) is 19.1 Å². The average Bonchev–Trinajstić information content (AvgIpc) is 2.77. The molecule has 1 aromatic carbocycles. The van der Waals surface area contributed by atoms with Crippen molar-refractivity contribution in [3.63, 3.8) is 0 Å².